The lowest BCUT2D eigenvalue weighted by molar-refractivity contribution is -0.604. The average molecular weight is 297 g/mol. The number of aromatic nitrogens is 2. The number of ether oxygens (including phenoxy) is 1. The average Bonchev–Trinajstić information content (AvgIpc) is 2.76. The van der Waals surface area contributed by atoms with Crippen LogP contribution in [0.3, 0.4) is 0 Å². The molecule has 0 aliphatic rings. The zero-order valence-electron chi connectivity index (χ0n) is 11.9. The first-order chi connectivity index (χ1) is 9.74. The van der Waals surface area contributed by atoms with E-state index in [2.05, 4.69) is 10.3 Å². The Morgan fingerprint density at radius 2 is 2.33 bits per heavy atom. The molecule has 0 saturated heterocycles. The summed E-state index contributed by atoms with van der Waals surface area (Å²) in [5.41, 5.74) is -0.102. The molecule has 0 aliphatic carbocycles. The summed E-state index contributed by atoms with van der Waals surface area (Å²) in [7, 11) is 0. The monoisotopic (exact) mass is 297 g/mol. The molecule has 21 heavy (non-hydrogen) atoms. The summed E-state index contributed by atoms with van der Waals surface area (Å²) in [6.07, 6.45) is 0.0449. The third kappa shape index (κ3) is 4.04. The van der Waals surface area contributed by atoms with Crippen molar-refractivity contribution in [3.8, 4) is 0 Å². The Morgan fingerprint density at radius 3 is 3.00 bits per heavy atom. The number of oxazole rings is 1. The van der Waals surface area contributed by atoms with Gasteiger partial charge in [-0.1, -0.05) is 0 Å². The molecule has 114 valence electrons. The fourth-order valence-electron chi connectivity index (χ4n) is 1.59. The number of nitrogens with one attached hydrogen (secondary N) is 1. The Morgan fingerprint density at radius 1 is 1.62 bits per heavy atom. The molecule has 0 spiro atoms. The molecule has 0 radical (unpaired) electrons. The smallest absolute Gasteiger partial charge is 0.407 e. The fraction of sp³-hybridized carbons (Fsp3) is 0.462. The number of alkyl halides is 1. The van der Waals surface area contributed by atoms with Crippen LogP contribution in [0.15, 0.2) is 22.9 Å². The van der Waals surface area contributed by atoms with Crippen LogP contribution >= 0.6 is 0 Å². The van der Waals surface area contributed by atoms with Crippen LogP contribution in [0.25, 0.3) is 11.1 Å². The van der Waals surface area contributed by atoms with E-state index < -0.39 is 17.9 Å². The molecule has 0 bridgehead atoms. The summed E-state index contributed by atoms with van der Waals surface area (Å²) >= 11 is 0. The summed E-state index contributed by atoms with van der Waals surface area (Å²) < 4.78 is 24.7. The molecule has 1 amide bonds. The summed E-state index contributed by atoms with van der Waals surface area (Å²) in [5.74, 6) is -0.202. The third-order valence-corrected chi connectivity index (χ3v) is 2.41. The number of hydrogen-bond acceptors (Lipinski definition) is 5. The highest BCUT2D eigenvalue weighted by molar-refractivity contribution is 5.70. The molecule has 0 saturated carbocycles. The van der Waals surface area contributed by atoms with E-state index in [1.807, 2.05) is 0 Å². The van der Waals surface area contributed by atoms with Gasteiger partial charge in [-0.25, -0.2) is 14.2 Å². The molecule has 0 aromatic carbocycles. The van der Waals surface area contributed by atoms with Gasteiger partial charge in [0.2, 0.25) is 12.1 Å². The van der Waals surface area contributed by atoms with Gasteiger partial charge in [0.15, 0.2) is 23.5 Å². The Bertz CT molecular complexity index is 650. The molecule has 8 heteroatoms. The molecular weight excluding hydrogens is 281 g/mol. The summed E-state index contributed by atoms with van der Waals surface area (Å²) in [6, 6.07) is 1.40. The topological polar surface area (TPSA) is 91.3 Å². The molecule has 2 heterocycles. The van der Waals surface area contributed by atoms with Crippen LogP contribution < -0.4 is 10.0 Å². The van der Waals surface area contributed by atoms with Crippen molar-refractivity contribution < 1.29 is 23.1 Å². The predicted molar refractivity (Wildman–Crippen MR) is 71.1 cm³/mol. The van der Waals surface area contributed by atoms with Crippen molar-refractivity contribution in [3.63, 3.8) is 0 Å². The van der Waals surface area contributed by atoms with Gasteiger partial charge < -0.3 is 19.7 Å². The van der Waals surface area contributed by atoms with E-state index >= 15 is 0 Å². The number of halogens is 1. The lowest BCUT2D eigenvalue weighted by atomic mass is 10.2. The second kappa shape index (κ2) is 5.55. The summed E-state index contributed by atoms with van der Waals surface area (Å²) in [5, 5.41) is 13.4. The summed E-state index contributed by atoms with van der Waals surface area (Å²) in [4.78, 5) is 15.3. The lowest BCUT2D eigenvalue weighted by Gasteiger charge is -2.19. The minimum Gasteiger partial charge on any atom is -0.619 e. The fourth-order valence-corrected chi connectivity index (χ4v) is 1.59. The molecule has 0 aliphatic heterocycles. The zero-order valence-corrected chi connectivity index (χ0v) is 11.9. The highest BCUT2D eigenvalue weighted by Crippen LogP contribution is 2.21. The number of fused-ring (bicyclic) bond motifs is 1. The highest BCUT2D eigenvalue weighted by atomic mass is 19.1. The molecule has 2 rings (SSSR count). The van der Waals surface area contributed by atoms with E-state index in [9.17, 15) is 14.4 Å². The molecule has 1 unspecified atom stereocenters. The van der Waals surface area contributed by atoms with Crippen LogP contribution in [0.4, 0.5) is 9.18 Å². The molecule has 2 aromatic heterocycles. The number of hydrogen-bond donors (Lipinski definition) is 1. The molecule has 7 nitrogen and oxygen atoms in total. The maximum Gasteiger partial charge on any atom is 0.407 e. The Kier molecular flexibility index (Phi) is 3.97. The van der Waals surface area contributed by atoms with Gasteiger partial charge in [-0.2, -0.15) is 4.73 Å². The molecule has 2 aromatic rings. The number of carbonyl (C=O) groups is 1. The van der Waals surface area contributed by atoms with Gasteiger partial charge in [0.1, 0.15) is 5.60 Å². The van der Waals surface area contributed by atoms with Gasteiger partial charge in [-0.05, 0) is 20.8 Å². The standard InChI is InChI=1S/C13H16FN3O4/c1-13(2,3)21-12(18)15-6-8(14)11-16-9-7-17(19)5-4-10(9)20-11/h4-5,7-8H,6H2,1-3H3,(H,15,18). The van der Waals surface area contributed by atoms with E-state index in [1.165, 1.54) is 18.5 Å². The molecule has 1 N–H and O–H groups in total. The quantitative estimate of drug-likeness (QED) is 0.691. The summed E-state index contributed by atoms with van der Waals surface area (Å²) in [6.45, 7) is 4.79. The van der Waals surface area contributed by atoms with Crippen LogP contribution in [0.1, 0.15) is 32.8 Å². The number of pyridine rings is 1. The maximum absolute atomic E-state index is 14.0. The first-order valence-electron chi connectivity index (χ1n) is 6.35. The SMILES string of the molecule is CC(C)(C)OC(=O)NCC(F)c1nc2c[n+]([O-])ccc2o1. The van der Waals surface area contributed by atoms with Crippen molar-refractivity contribution in [1.82, 2.24) is 10.3 Å². The van der Waals surface area contributed by atoms with Crippen molar-refractivity contribution in [2.24, 2.45) is 0 Å². The van der Waals surface area contributed by atoms with Crippen LogP contribution in [0.5, 0.6) is 0 Å². The van der Waals surface area contributed by atoms with Gasteiger partial charge in [0.25, 0.3) is 0 Å². The van der Waals surface area contributed by atoms with E-state index in [-0.39, 0.29) is 18.0 Å². The largest absolute Gasteiger partial charge is 0.619 e. The highest BCUT2D eigenvalue weighted by Gasteiger charge is 2.21. The van der Waals surface area contributed by atoms with Crippen LogP contribution in [0, 0.1) is 5.21 Å². The van der Waals surface area contributed by atoms with Crippen molar-refractivity contribution in [3.05, 3.63) is 29.6 Å². The minimum absolute atomic E-state index is 0.202. The van der Waals surface area contributed by atoms with Gasteiger partial charge in [-0.3, -0.25) is 0 Å². The number of amides is 1. The first-order valence-corrected chi connectivity index (χ1v) is 6.35. The molecular formula is C13H16FN3O4. The molecule has 0 fully saturated rings. The van der Waals surface area contributed by atoms with Crippen LogP contribution in [0.2, 0.25) is 0 Å². The maximum atomic E-state index is 14.0. The Balaban J connectivity index is 1.99. The second-order valence-electron chi connectivity index (χ2n) is 5.46. The minimum atomic E-state index is -1.63. The van der Waals surface area contributed by atoms with Crippen LogP contribution in [-0.2, 0) is 4.74 Å². The predicted octanol–water partition coefficient (Wildman–Crippen LogP) is 2.00. The van der Waals surface area contributed by atoms with Crippen LogP contribution in [-0.4, -0.2) is 23.2 Å². The Hall–Kier alpha value is -2.38. The second-order valence-corrected chi connectivity index (χ2v) is 5.46. The van der Waals surface area contributed by atoms with Gasteiger partial charge in [-0.15, -0.1) is 0 Å². The first kappa shape index (κ1) is 15.0. The van der Waals surface area contributed by atoms with Gasteiger partial charge in [0, 0.05) is 6.07 Å². The normalized spacial score (nSPS) is 13.1. The van der Waals surface area contributed by atoms with Crippen molar-refractivity contribution in [1.29, 1.82) is 0 Å². The number of carbonyl (C=O) groups excluding carboxylic acids is 1. The Labute approximate surface area is 120 Å². The zero-order chi connectivity index (χ0) is 15.6. The van der Waals surface area contributed by atoms with E-state index in [0.29, 0.717) is 10.3 Å². The van der Waals surface area contributed by atoms with E-state index in [0.717, 1.165) is 0 Å². The van der Waals surface area contributed by atoms with Gasteiger partial charge in [0.05, 0.1) is 6.54 Å². The van der Waals surface area contributed by atoms with Crippen molar-refractivity contribution >= 4 is 17.2 Å². The lowest BCUT2D eigenvalue weighted by Crippen LogP contribution is -2.34. The van der Waals surface area contributed by atoms with Crippen molar-refractivity contribution in [2.75, 3.05) is 6.54 Å². The van der Waals surface area contributed by atoms with E-state index in [1.54, 1.807) is 20.8 Å². The van der Waals surface area contributed by atoms with Gasteiger partial charge >= 0.3 is 6.09 Å². The number of nitrogens with zero attached hydrogens (tertiary/aromatic N) is 2. The molecule has 1 atom stereocenters. The van der Waals surface area contributed by atoms with E-state index in [4.69, 9.17) is 9.15 Å². The number of rotatable bonds is 3. The van der Waals surface area contributed by atoms with Crippen molar-refractivity contribution in [2.45, 2.75) is 32.5 Å². The third-order valence-electron chi connectivity index (χ3n) is 2.41. The number of alkyl carbamates (subject to hydrolysis) is 1.